The van der Waals surface area contributed by atoms with Crippen LogP contribution in [-0.2, 0) is 11.3 Å². The lowest BCUT2D eigenvalue weighted by Gasteiger charge is -2.34. The standard InChI is InChI=1S/C18H25N3O2S/c1-10-6-5-7-14(11(10)2)20-15(22)8-21-9-19-17-16(18(21)23)12(3)13(4)24-17/h9-11,14H,5-8H2,1-4H3,(H,20,22)/t10-,11-,14+/m1/s1. The third-order valence-corrected chi connectivity index (χ3v) is 6.64. The summed E-state index contributed by atoms with van der Waals surface area (Å²) in [5.41, 5.74) is 0.846. The van der Waals surface area contributed by atoms with Gasteiger partial charge in [0.15, 0.2) is 0 Å². The number of nitrogens with zero attached hydrogens (tertiary/aromatic N) is 2. The van der Waals surface area contributed by atoms with Gasteiger partial charge >= 0.3 is 0 Å². The Bertz CT molecular complexity index is 824. The van der Waals surface area contributed by atoms with Crippen LogP contribution in [0, 0.1) is 25.7 Å². The molecule has 0 spiro atoms. The fraction of sp³-hybridized carbons (Fsp3) is 0.611. The highest BCUT2D eigenvalue weighted by Gasteiger charge is 2.28. The van der Waals surface area contributed by atoms with Crippen molar-refractivity contribution >= 4 is 27.5 Å². The highest BCUT2D eigenvalue weighted by Crippen LogP contribution is 2.29. The molecule has 3 rings (SSSR count). The predicted molar refractivity (Wildman–Crippen MR) is 97.5 cm³/mol. The fourth-order valence-electron chi connectivity index (χ4n) is 3.58. The number of hydrogen-bond acceptors (Lipinski definition) is 4. The molecule has 0 bridgehead atoms. The van der Waals surface area contributed by atoms with Gasteiger partial charge in [0, 0.05) is 10.9 Å². The number of nitrogens with one attached hydrogen (secondary N) is 1. The van der Waals surface area contributed by atoms with E-state index >= 15 is 0 Å². The summed E-state index contributed by atoms with van der Waals surface area (Å²) in [6.45, 7) is 8.41. The molecule has 6 heteroatoms. The van der Waals surface area contributed by atoms with E-state index in [0.29, 0.717) is 17.2 Å². The van der Waals surface area contributed by atoms with E-state index in [1.54, 1.807) is 0 Å². The summed E-state index contributed by atoms with van der Waals surface area (Å²) in [4.78, 5) is 31.3. The quantitative estimate of drug-likeness (QED) is 0.928. The topological polar surface area (TPSA) is 64.0 Å². The highest BCUT2D eigenvalue weighted by atomic mass is 32.1. The molecular formula is C18H25N3O2S. The molecule has 1 saturated carbocycles. The number of hydrogen-bond donors (Lipinski definition) is 1. The van der Waals surface area contributed by atoms with E-state index in [0.717, 1.165) is 28.1 Å². The number of carbonyl (C=O) groups is 1. The van der Waals surface area contributed by atoms with Gasteiger partial charge in [0.25, 0.3) is 5.56 Å². The van der Waals surface area contributed by atoms with Crippen molar-refractivity contribution in [2.75, 3.05) is 0 Å². The SMILES string of the molecule is Cc1sc2ncn(CC(=O)N[C@H]3CCC[C@@H](C)[C@H]3C)c(=O)c2c1C. The zero-order valence-corrected chi connectivity index (χ0v) is 15.6. The van der Waals surface area contributed by atoms with Gasteiger partial charge in [0.2, 0.25) is 5.91 Å². The van der Waals surface area contributed by atoms with Crippen molar-refractivity contribution in [1.82, 2.24) is 14.9 Å². The molecule has 1 aliphatic rings. The number of fused-ring (bicyclic) bond motifs is 1. The van der Waals surface area contributed by atoms with Crippen molar-refractivity contribution in [3.63, 3.8) is 0 Å². The Labute approximate surface area is 146 Å². The second-order valence-corrected chi connectivity index (χ2v) is 8.29. The Balaban J connectivity index is 1.77. The number of carbonyl (C=O) groups excluding carboxylic acids is 1. The Kier molecular flexibility index (Phi) is 4.76. The first-order valence-electron chi connectivity index (χ1n) is 8.63. The summed E-state index contributed by atoms with van der Waals surface area (Å²) in [5, 5.41) is 3.76. The van der Waals surface area contributed by atoms with Gasteiger partial charge in [-0.15, -0.1) is 11.3 Å². The van der Waals surface area contributed by atoms with Gasteiger partial charge < -0.3 is 5.32 Å². The van der Waals surface area contributed by atoms with Gasteiger partial charge in [-0.1, -0.05) is 26.7 Å². The zero-order valence-electron chi connectivity index (χ0n) is 14.8. The zero-order chi connectivity index (χ0) is 17.4. The molecule has 1 amide bonds. The van der Waals surface area contributed by atoms with Crippen LogP contribution in [0.15, 0.2) is 11.1 Å². The lowest BCUT2D eigenvalue weighted by atomic mass is 9.78. The summed E-state index contributed by atoms with van der Waals surface area (Å²) in [6, 6.07) is 0.207. The molecule has 2 aromatic rings. The first-order chi connectivity index (χ1) is 11.4. The maximum atomic E-state index is 12.7. The molecule has 3 atom stereocenters. The van der Waals surface area contributed by atoms with Gasteiger partial charge in [0.05, 0.1) is 11.7 Å². The van der Waals surface area contributed by atoms with Crippen molar-refractivity contribution in [3.8, 4) is 0 Å². The minimum Gasteiger partial charge on any atom is -0.352 e. The Hall–Kier alpha value is -1.69. The second kappa shape index (κ2) is 6.67. The van der Waals surface area contributed by atoms with E-state index in [-0.39, 0.29) is 24.1 Å². The minimum absolute atomic E-state index is 0.0354. The summed E-state index contributed by atoms with van der Waals surface area (Å²) >= 11 is 1.52. The van der Waals surface area contributed by atoms with Crippen LogP contribution in [0.5, 0.6) is 0 Å². The van der Waals surface area contributed by atoms with E-state index in [2.05, 4.69) is 24.1 Å². The molecule has 5 nitrogen and oxygen atoms in total. The molecule has 0 unspecified atom stereocenters. The molecule has 24 heavy (non-hydrogen) atoms. The van der Waals surface area contributed by atoms with Crippen LogP contribution >= 0.6 is 11.3 Å². The van der Waals surface area contributed by atoms with Crippen LogP contribution in [0.1, 0.15) is 43.6 Å². The Morgan fingerprint density at radius 3 is 2.88 bits per heavy atom. The van der Waals surface area contributed by atoms with Crippen molar-refractivity contribution in [2.24, 2.45) is 11.8 Å². The molecule has 1 N–H and O–H groups in total. The number of rotatable bonds is 3. The van der Waals surface area contributed by atoms with Crippen molar-refractivity contribution in [1.29, 1.82) is 0 Å². The van der Waals surface area contributed by atoms with E-state index in [1.807, 2.05) is 13.8 Å². The fourth-order valence-corrected chi connectivity index (χ4v) is 4.56. The molecule has 1 fully saturated rings. The molecule has 0 aromatic carbocycles. The van der Waals surface area contributed by atoms with E-state index < -0.39 is 0 Å². The molecule has 0 saturated heterocycles. The van der Waals surface area contributed by atoms with Crippen molar-refractivity contribution < 1.29 is 4.79 Å². The van der Waals surface area contributed by atoms with Crippen molar-refractivity contribution in [2.45, 2.75) is 59.5 Å². The lowest BCUT2D eigenvalue weighted by molar-refractivity contribution is -0.123. The van der Waals surface area contributed by atoms with Gasteiger partial charge in [-0.3, -0.25) is 14.2 Å². The molecule has 0 radical (unpaired) electrons. The number of aryl methyl sites for hydroxylation is 2. The average molecular weight is 347 g/mol. The summed E-state index contributed by atoms with van der Waals surface area (Å²) < 4.78 is 1.42. The Morgan fingerprint density at radius 2 is 2.12 bits per heavy atom. The van der Waals surface area contributed by atoms with E-state index in [9.17, 15) is 9.59 Å². The third-order valence-electron chi connectivity index (χ3n) is 5.52. The van der Waals surface area contributed by atoms with Crippen LogP contribution in [0.2, 0.25) is 0 Å². The van der Waals surface area contributed by atoms with Gasteiger partial charge in [-0.2, -0.15) is 0 Å². The van der Waals surface area contributed by atoms with Crippen LogP contribution in [0.4, 0.5) is 0 Å². The van der Waals surface area contributed by atoms with Gasteiger partial charge in [-0.05, 0) is 37.7 Å². The molecule has 2 aromatic heterocycles. The first-order valence-corrected chi connectivity index (χ1v) is 9.44. The van der Waals surface area contributed by atoms with Crippen LogP contribution in [0.3, 0.4) is 0 Å². The summed E-state index contributed by atoms with van der Waals surface area (Å²) in [7, 11) is 0. The van der Waals surface area contributed by atoms with Crippen LogP contribution < -0.4 is 10.9 Å². The summed E-state index contributed by atoms with van der Waals surface area (Å²) in [6.07, 6.45) is 4.89. The monoisotopic (exact) mass is 347 g/mol. The normalized spacial score (nSPS) is 24.2. The molecule has 0 aliphatic heterocycles. The average Bonchev–Trinajstić information content (AvgIpc) is 2.82. The van der Waals surface area contributed by atoms with E-state index in [4.69, 9.17) is 0 Å². The molecule has 130 valence electrons. The summed E-state index contributed by atoms with van der Waals surface area (Å²) in [5.74, 6) is 0.997. The largest absolute Gasteiger partial charge is 0.352 e. The molecule has 1 aliphatic carbocycles. The van der Waals surface area contributed by atoms with Gasteiger partial charge in [0.1, 0.15) is 11.4 Å². The maximum absolute atomic E-state index is 12.7. The van der Waals surface area contributed by atoms with Crippen molar-refractivity contribution in [3.05, 3.63) is 27.1 Å². The first kappa shape index (κ1) is 17.1. The third kappa shape index (κ3) is 3.11. The Morgan fingerprint density at radius 1 is 1.38 bits per heavy atom. The predicted octanol–water partition coefficient (Wildman–Crippen LogP) is 3.02. The lowest BCUT2D eigenvalue weighted by Crippen LogP contribution is -2.45. The number of aromatic nitrogens is 2. The van der Waals surface area contributed by atoms with Crippen LogP contribution in [-0.4, -0.2) is 21.5 Å². The minimum atomic E-state index is -0.123. The maximum Gasteiger partial charge on any atom is 0.262 e. The number of amides is 1. The second-order valence-electron chi connectivity index (χ2n) is 7.08. The van der Waals surface area contributed by atoms with E-state index in [1.165, 1.54) is 28.7 Å². The number of thiophene rings is 1. The van der Waals surface area contributed by atoms with Crippen LogP contribution in [0.25, 0.3) is 10.2 Å². The molecule has 2 heterocycles. The molecular weight excluding hydrogens is 322 g/mol. The van der Waals surface area contributed by atoms with Gasteiger partial charge in [-0.25, -0.2) is 4.98 Å². The highest BCUT2D eigenvalue weighted by molar-refractivity contribution is 7.18. The smallest absolute Gasteiger partial charge is 0.262 e.